The van der Waals surface area contributed by atoms with Gasteiger partial charge in [-0.1, -0.05) is 53.6 Å². The van der Waals surface area contributed by atoms with Gasteiger partial charge in [0.2, 0.25) is 0 Å². The first-order valence-electron chi connectivity index (χ1n) is 7.77. The molecule has 4 aromatic rings. The van der Waals surface area contributed by atoms with E-state index in [0.717, 1.165) is 16.8 Å². The lowest BCUT2D eigenvalue weighted by Crippen LogP contribution is -1.99. The zero-order chi connectivity index (χ0) is 17.4. The highest BCUT2D eigenvalue weighted by atomic mass is 35.5. The van der Waals surface area contributed by atoms with Crippen molar-refractivity contribution < 1.29 is 0 Å². The molecule has 0 atom stereocenters. The van der Waals surface area contributed by atoms with E-state index in [1.165, 1.54) is 5.56 Å². The van der Waals surface area contributed by atoms with Gasteiger partial charge in [-0.05, 0) is 19.1 Å². The number of fused-ring (bicyclic) bond motifs is 1. The number of halogens is 1. The maximum absolute atomic E-state index is 9.49. The largest absolute Gasteiger partial charge is 0.236 e. The Hall–Kier alpha value is -3.16. The molecule has 2 aromatic carbocycles. The molecule has 0 saturated carbocycles. The number of aromatic nitrogens is 3. The first-order valence-corrected chi connectivity index (χ1v) is 8.15. The standard InChI is InChI=1S/C20H13ClN4/c1-13-2-4-14(5-3-13)18-10-19-23-12-16(11-22)20(25(19)24-18)15-6-8-17(21)9-7-15/h2-10,12H,1H3. The van der Waals surface area contributed by atoms with E-state index in [2.05, 4.69) is 11.1 Å². The molecule has 2 heterocycles. The highest BCUT2D eigenvalue weighted by Gasteiger charge is 2.14. The van der Waals surface area contributed by atoms with Crippen molar-refractivity contribution in [1.29, 1.82) is 5.26 Å². The summed E-state index contributed by atoms with van der Waals surface area (Å²) >= 11 is 5.99. The van der Waals surface area contributed by atoms with Crippen LogP contribution in [0.25, 0.3) is 28.2 Å². The monoisotopic (exact) mass is 344 g/mol. The number of aryl methyl sites for hydroxylation is 1. The van der Waals surface area contributed by atoms with Crippen LogP contribution in [0.15, 0.2) is 60.8 Å². The van der Waals surface area contributed by atoms with Gasteiger partial charge < -0.3 is 0 Å². The zero-order valence-electron chi connectivity index (χ0n) is 13.4. The minimum Gasteiger partial charge on any atom is -0.236 e. The summed E-state index contributed by atoms with van der Waals surface area (Å²) in [6, 6.07) is 19.6. The number of rotatable bonds is 2. The molecule has 4 nitrogen and oxygen atoms in total. The average molecular weight is 345 g/mol. The van der Waals surface area contributed by atoms with Crippen LogP contribution in [0.2, 0.25) is 5.02 Å². The van der Waals surface area contributed by atoms with Crippen LogP contribution >= 0.6 is 11.6 Å². The molecule has 0 radical (unpaired) electrons. The number of hydrogen-bond acceptors (Lipinski definition) is 3. The van der Waals surface area contributed by atoms with E-state index < -0.39 is 0 Å². The highest BCUT2D eigenvalue weighted by molar-refractivity contribution is 6.30. The van der Waals surface area contributed by atoms with E-state index in [-0.39, 0.29) is 0 Å². The summed E-state index contributed by atoms with van der Waals surface area (Å²) in [6.07, 6.45) is 1.58. The Morgan fingerprint density at radius 3 is 2.36 bits per heavy atom. The summed E-state index contributed by atoms with van der Waals surface area (Å²) in [5, 5.41) is 14.8. The zero-order valence-corrected chi connectivity index (χ0v) is 14.2. The third-order valence-corrected chi connectivity index (χ3v) is 4.32. The van der Waals surface area contributed by atoms with Crippen LogP contribution in [0.4, 0.5) is 0 Å². The molecular weight excluding hydrogens is 332 g/mol. The quantitative estimate of drug-likeness (QED) is 0.520. The van der Waals surface area contributed by atoms with Gasteiger partial charge in [0, 0.05) is 28.4 Å². The Bertz CT molecular complexity index is 1100. The lowest BCUT2D eigenvalue weighted by molar-refractivity contribution is 0.947. The van der Waals surface area contributed by atoms with Gasteiger partial charge in [-0.15, -0.1) is 0 Å². The molecule has 0 aliphatic heterocycles. The van der Waals surface area contributed by atoms with Crippen LogP contribution in [0, 0.1) is 18.3 Å². The second kappa shape index (κ2) is 6.04. The second-order valence-corrected chi connectivity index (χ2v) is 6.24. The molecule has 120 valence electrons. The summed E-state index contributed by atoms with van der Waals surface area (Å²) < 4.78 is 1.72. The summed E-state index contributed by atoms with van der Waals surface area (Å²) in [7, 11) is 0. The van der Waals surface area contributed by atoms with Gasteiger partial charge in [0.25, 0.3) is 0 Å². The molecule has 0 saturated heterocycles. The van der Waals surface area contributed by atoms with Gasteiger partial charge in [0.05, 0.1) is 17.0 Å². The topological polar surface area (TPSA) is 54.0 Å². The lowest BCUT2D eigenvalue weighted by Gasteiger charge is -2.07. The van der Waals surface area contributed by atoms with Crippen LogP contribution in [0.5, 0.6) is 0 Å². The maximum Gasteiger partial charge on any atom is 0.156 e. The van der Waals surface area contributed by atoms with E-state index in [1.807, 2.05) is 49.4 Å². The first-order chi connectivity index (χ1) is 12.2. The predicted molar refractivity (Wildman–Crippen MR) is 98.3 cm³/mol. The Kier molecular flexibility index (Phi) is 3.72. The van der Waals surface area contributed by atoms with Crippen LogP contribution in [-0.2, 0) is 0 Å². The number of benzene rings is 2. The summed E-state index contributed by atoms with van der Waals surface area (Å²) in [5.41, 5.74) is 5.76. The van der Waals surface area contributed by atoms with Crippen LogP contribution in [0.1, 0.15) is 11.1 Å². The molecule has 0 fully saturated rings. The Balaban J connectivity index is 1.96. The molecule has 0 bridgehead atoms. The molecule has 0 aliphatic carbocycles. The third kappa shape index (κ3) is 2.75. The van der Waals surface area contributed by atoms with E-state index in [4.69, 9.17) is 16.7 Å². The van der Waals surface area contributed by atoms with Crippen molar-refractivity contribution in [2.45, 2.75) is 6.92 Å². The van der Waals surface area contributed by atoms with E-state index in [1.54, 1.807) is 22.8 Å². The molecule has 0 amide bonds. The van der Waals surface area contributed by atoms with Crippen LogP contribution in [-0.4, -0.2) is 14.6 Å². The molecule has 25 heavy (non-hydrogen) atoms. The predicted octanol–water partition coefficient (Wildman–Crippen LogP) is 4.90. The van der Waals surface area contributed by atoms with E-state index >= 15 is 0 Å². The number of nitrogens with zero attached hydrogens (tertiary/aromatic N) is 4. The smallest absolute Gasteiger partial charge is 0.156 e. The average Bonchev–Trinajstić information content (AvgIpc) is 3.06. The molecule has 0 unspecified atom stereocenters. The number of hydrogen-bond donors (Lipinski definition) is 0. The van der Waals surface area contributed by atoms with Crippen LogP contribution in [0.3, 0.4) is 0 Å². The van der Waals surface area contributed by atoms with E-state index in [9.17, 15) is 5.26 Å². The maximum atomic E-state index is 9.49. The highest BCUT2D eigenvalue weighted by Crippen LogP contribution is 2.27. The molecule has 0 N–H and O–H groups in total. The fraction of sp³-hybridized carbons (Fsp3) is 0.0500. The number of nitriles is 1. The van der Waals surface area contributed by atoms with Gasteiger partial charge >= 0.3 is 0 Å². The summed E-state index contributed by atoms with van der Waals surface area (Å²) in [4.78, 5) is 4.37. The Morgan fingerprint density at radius 2 is 1.68 bits per heavy atom. The molecule has 0 aliphatic rings. The van der Waals surface area contributed by atoms with Crippen molar-refractivity contribution in [3.63, 3.8) is 0 Å². The summed E-state index contributed by atoms with van der Waals surface area (Å²) in [5.74, 6) is 0. The molecule has 2 aromatic heterocycles. The summed E-state index contributed by atoms with van der Waals surface area (Å²) in [6.45, 7) is 2.05. The Labute approximate surface area is 149 Å². The first kappa shape index (κ1) is 15.4. The van der Waals surface area contributed by atoms with Crippen molar-refractivity contribution in [3.05, 3.63) is 76.9 Å². The molecule has 5 heteroatoms. The van der Waals surface area contributed by atoms with E-state index in [0.29, 0.717) is 21.9 Å². The molecule has 0 spiro atoms. The van der Waals surface area contributed by atoms with Crippen molar-refractivity contribution >= 4 is 17.2 Å². The second-order valence-electron chi connectivity index (χ2n) is 5.80. The van der Waals surface area contributed by atoms with Crippen molar-refractivity contribution in [2.75, 3.05) is 0 Å². The van der Waals surface area contributed by atoms with Gasteiger partial charge in [0.1, 0.15) is 6.07 Å². The van der Waals surface area contributed by atoms with Gasteiger partial charge in [-0.3, -0.25) is 0 Å². The van der Waals surface area contributed by atoms with Crippen molar-refractivity contribution in [3.8, 4) is 28.6 Å². The fourth-order valence-electron chi connectivity index (χ4n) is 2.77. The normalized spacial score (nSPS) is 10.8. The molecule has 4 rings (SSSR count). The van der Waals surface area contributed by atoms with Crippen LogP contribution < -0.4 is 0 Å². The fourth-order valence-corrected chi connectivity index (χ4v) is 2.89. The Morgan fingerprint density at radius 1 is 1.00 bits per heavy atom. The van der Waals surface area contributed by atoms with Crippen molar-refractivity contribution in [1.82, 2.24) is 14.6 Å². The molecular formula is C20H13ClN4. The van der Waals surface area contributed by atoms with Crippen molar-refractivity contribution in [2.24, 2.45) is 0 Å². The lowest BCUT2D eigenvalue weighted by atomic mass is 10.1. The van der Waals surface area contributed by atoms with Gasteiger partial charge in [-0.2, -0.15) is 10.4 Å². The van der Waals surface area contributed by atoms with Gasteiger partial charge in [-0.25, -0.2) is 9.50 Å². The van der Waals surface area contributed by atoms with Gasteiger partial charge in [0.15, 0.2) is 5.65 Å². The minimum atomic E-state index is 0.466. The third-order valence-electron chi connectivity index (χ3n) is 4.07. The SMILES string of the molecule is Cc1ccc(-c2cc3ncc(C#N)c(-c4ccc(Cl)cc4)n3n2)cc1. The minimum absolute atomic E-state index is 0.466.